The van der Waals surface area contributed by atoms with Gasteiger partial charge in [0.25, 0.3) is 0 Å². The third-order valence-corrected chi connectivity index (χ3v) is 11.7. The molecule has 60 heavy (non-hydrogen) atoms. The first-order valence-corrected chi connectivity index (χ1v) is 20.5. The van der Waals surface area contributed by atoms with E-state index in [9.17, 15) is 0 Å². The smallest absolute Gasteiger partial charge is 0.137 e. The van der Waals surface area contributed by atoms with Crippen LogP contribution in [0.5, 0.6) is 0 Å². The van der Waals surface area contributed by atoms with Crippen LogP contribution in [0.3, 0.4) is 0 Å². The van der Waals surface area contributed by atoms with Crippen LogP contribution in [-0.4, -0.2) is 0 Å². The minimum absolute atomic E-state index is 0.865. The van der Waals surface area contributed by atoms with Gasteiger partial charge in [-0.15, -0.1) is 0 Å². The second-order valence-corrected chi connectivity index (χ2v) is 15.2. The SMILES string of the molecule is c1ccc(-c2ccccc2-c2ccccc2-c2ccccc2-c2ccc(N(c3ccc(-c4cccc5ccccc45)cc3)c3ccc4c(c3)oc3ccccc34)cc2)cc1. The molecule has 0 saturated heterocycles. The van der Waals surface area contributed by atoms with Crippen LogP contribution >= 0.6 is 0 Å². The first-order valence-electron chi connectivity index (χ1n) is 20.5. The highest BCUT2D eigenvalue weighted by molar-refractivity contribution is 6.06. The van der Waals surface area contributed by atoms with Gasteiger partial charge >= 0.3 is 0 Å². The molecule has 0 spiro atoms. The Kier molecular flexibility index (Phi) is 8.87. The molecule has 11 aromatic rings. The van der Waals surface area contributed by atoms with Crippen molar-refractivity contribution in [3.05, 3.63) is 237 Å². The average molecular weight is 766 g/mol. The van der Waals surface area contributed by atoms with Crippen molar-refractivity contribution in [1.82, 2.24) is 0 Å². The Labute approximate surface area is 349 Å². The van der Waals surface area contributed by atoms with Crippen LogP contribution in [0.25, 0.3) is 88.3 Å². The van der Waals surface area contributed by atoms with Crippen LogP contribution in [0.4, 0.5) is 17.1 Å². The molecule has 0 aliphatic rings. The zero-order valence-corrected chi connectivity index (χ0v) is 32.9. The van der Waals surface area contributed by atoms with E-state index < -0.39 is 0 Å². The lowest BCUT2D eigenvalue weighted by Gasteiger charge is -2.26. The van der Waals surface area contributed by atoms with Gasteiger partial charge in [0.1, 0.15) is 11.2 Å². The number of anilines is 3. The third kappa shape index (κ3) is 6.32. The Balaban J connectivity index is 1.00. The zero-order chi connectivity index (χ0) is 39.8. The summed E-state index contributed by atoms with van der Waals surface area (Å²) < 4.78 is 6.41. The number of hydrogen-bond donors (Lipinski definition) is 0. The molecule has 0 atom stereocenters. The van der Waals surface area contributed by atoms with Gasteiger partial charge in [-0.2, -0.15) is 0 Å². The normalized spacial score (nSPS) is 11.3. The van der Waals surface area contributed by atoms with E-state index in [1.54, 1.807) is 0 Å². The van der Waals surface area contributed by atoms with Gasteiger partial charge in [0.15, 0.2) is 0 Å². The molecule has 0 aliphatic carbocycles. The van der Waals surface area contributed by atoms with Crippen molar-refractivity contribution in [2.24, 2.45) is 0 Å². The van der Waals surface area contributed by atoms with Crippen LogP contribution in [0.2, 0.25) is 0 Å². The topological polar surface area (TPSA) is 16.4 Å². The summed E-state index contributed by atoms with van der Waals surface area (Å²) in [5, 5.41) is 4.72. The highest BCUT2D eigenvalue weighted by atomic mass is 16.3. The molecule has 0 saturated carbocycles. The molecule has 1 heterocycles. The van der Waals surface area contributed by atoms with Gasteiger partial charge < -0.3 is 9.32 Å². The molecule has 0 radical (unpaired) electrons. The molecule has 0 bridgehead atoms. The van der Waals surface area contributed by atoms with Gasteiger partial charge in [-0.1, -0.05) is 188 Å². The number of para-hydroxylation sites is 1. The third-order valence-electron chi connectivity index (χ3n) is 11.7. The van der Waals surface area contributed by atoms with Crippen LogP contribution in [0, 0.1) is 0 Å². The predicted octanol–water partition coefficient (Wildman–Crippen LogP) is 16.5. The molecule has 0 unspecified atom stereocenters. The van der Waals surface area contributed by atoms with E-state index in [1.807, 2.05) is 12.1 Å². The van der Waals surface area contributed by atoms with Crippen molar-refractivity contribution in [2.75, 3.05) is 4.90 Å². The van der Waals surface area contributed by atoms with E-state index in [1.165, 1.54) is 60.8 Å². The fourth-order valence-corrected chi connectivity index (χ4v) is 8.87. The first kappa shape index (κ1) is 35.2. The van der Waals surface area contributed by atoms with Crippen molar-refractivity contribution in [3.63, 3.8) is 0 Å². The zero-order valence-electron chi connectivity index (χ0n) is 32.9. The van der Waals surface area contributed by atoms with Crippen molar-refractivity contribution in [2.45, 2.75) is 0 Å². The molecular weight excluding hydrogens is 727 g/mol. The molecule has 2 nitrogen and oxygen atoms in total. The number of furan rings is 1. The van der Waals surface area contributed by atoms with Crippen LogP contribution in [0.1, 0.15) is 0 Å². The molecule has 0 amide bonds. The van der Waals surface area contributed by atoms with Gasteiger partial charge in [0.2, 0.25) is 0 Å². The number of benzene rings is 10. The molecular formula is C58H39NO. The largest absolute Gasteiger partial charge is 0.456 e. The average Bonchev–Trinajstić information content (AvgIpc) is 3.70. The number of nitrogens with zero attached hydrogens (tertiary/aromatic N) is 1. The van der Waals surface area contributed by atoms with Crippen molar-refractivity contribution < 1.29 is 4.42 Å². The standard InChI is InChI=1S/C58H39NO/c1-2-15-40(16-3-1)49-20-6-8-22-51(49)53-24-10-11-25-54(53)52-23-9-7-21-50(52)43-31-35-45(36-32-43)59(46-37-38-56-55-26-12-13-28-57(55)60-58(56)39-46)44-33-29-42(30-34-44)48-27-14-18-41-17-4-5-19-47(41)48/h1-39H. The van der Waals surface area contributed by atoms with E-state index in [2.05, 4.69) is 229 Å². The fourth-order valence-electron chi connectivity index (χ4n) is 8.87. The molecule has 0 fully saturated rings. The van der Waals surface area contributed by atoms with E-state index >= 15 is 0 Å². The Morgan fingerprint density at radius 1 is 0.250 bits per heavy atom. The first-order chi connectivity index (χ1) is 29.8. The molecule has 282 valence electrons. The quantitative estimate of drug-likeness (QED) is 0.153. The summed E-state index contributed by atoms with van der Waals surface area (Å²) in [6.07, 6.45) is 0. The minimum Gasteiger partial charge on any atom is -0.456 e. The van der Waals surface area contributed by atoms with Gasteiger partial charge in [0.05, 0.1) is 0 Å². The maximum atomic E-state index is 6.41. The van der Waals surface area contributed by atoms with Crippen molar-refractivity contribution in [3.8, 4) is 55.6 Å². The molecule has 0 N–H and O–H groups in total. The lowest BCUT2D eigenvalue weighted by molar-refractivity contribution is 0.669. The number of rotatable bonds is 8. The van der Waals surface area contributed by atoms with Gasteiger partial charge in [-0.25, -0.2) is 0 Å². The molecule has 11 rings (SSSR count). The lowest BCUT2D eigenvalue weighted by atomic mass is 9.87. The summed E-state index contributed by atoms with van der Waals surface area (Å²) in [4.78, 5) is 2.32. The second kappa shape index (κ2) is 15.1. The summed E-state index contributed by atoms with van der Waals surface area (Å²) >= 11 is 0. The Bertz CT molecular complexity index is 3300. The van der Waals surface area contributed by atoms with Gasteiger partial charge in [-0.3, -0.25) is 0 Å². The number of hydrogen-bond acceptors (Lipinski definition) is 2. The van der Waals surface area contributed by atoms with Gasteiger partial charge in [0, 0.05) is 33.9 Å². The maximum absolute atomic E-state index is 6.41. The Morgan fingerprint density at radius 3 is 1.30 bits per heavy atom. The van der Waals surface area contributed by atoms with Gasteiger partial charge in [-0.05, 0) is 109 Å². The van der Waals surface area contributed by atoms with Crippen LogP contribution in [-0.2, 0) is 0 Å². The van der Waals surface area contributed by atoms with Crippen molar-refractivity contribution >= 4 is 49.8 Å². The van der Waals surface area contributed by atoms with E-state index in [4.69, 9.17) is 4.42 Å². The summed E-state index contributed by atoms with van der Waals surface area (Å²) in [7, 11) is 0. The molecule has 1 aromatic heterocycles. The highest BCUT2D eigenvalue weighted by Crippen LogP contribution is 2.44. The van der Waals surface area contributed by atoms with Crippen LogP contribution in [0.15, 0.2) is 241 Å². The molecule has 2 heteroatoms. The Morgan fingerprint density at radius 2 is 0.667 bits per heavy atom. The minimum atomic E-state index is 0.865. The number of fused-ring (bicyclic) bond motifs is 4. The molecule has 10 aromatic carbocycles. The molecule has 0 aliphatic heterocycles. The summed E-state index contributed by atoms with van der Waals surface area (Å²) in [6.45, 7) is 0. The van der Waals surface area contributed by atoms with E-state index in [-0.39, 0.29) is 0 Å². The lowest BCUT2D eigenvalue weighted by Crippen LogP contribution is -2.09. The monoisotopic (exact) mass is 765 g/mol. The summed E-state index contributed by atoms with van der Waals surface area (Å²) in [5.41, 5.74) is 16.9. The Hall–Kier alpha value is -7.94. The summed E-state index contributed by atoms with van der Waals surface area (Å²) in [5.74, 6) is 0. The van der Waals surface area contributed by atoms with Crippen LogP contribution < -0.4 is 4.90 Å². The summed E-state index contributed by atoms with van der Waals surface area (Å²) in [6, 6.07) is 84.8. The highest BCUT2D eigenvalue weighted by Gasteiger charge is 2.18. The predicted molar refractivity (Wildman–Crippen MR) is 253 cm³/mol. The van der Waals surface area contributed by atoms with E-state index in [0.29, 0.717) is 0 Å². The van der Waals surface area contributed by atoms with E-state index in [0.717, 1.165) is 44.6 Å². The fraction of sp³-hybridized carbons (Fsp3) is 0. The maximum Gasteiger partial charge on any atom is 0.137 e. The van der Waals surface area contributed by atoms with Crippen molar-refractivity contribution in [1.29, 1.82) is 0 Å². The second-order valence-electron chi connectivity index (χ2n) is 15.2.